The van der Waals surface area contributed by atoms with E-state index < -0.39 is 5.91 Å². The van der Waals surface area contributed by atoms with E-state index in [9.17, 15) is 9.90 Å². The number of aromatic nitrogens is 1. The van der Waals surface area contributed by atoms with Gasteiger partial charge in [0.25, 0.3) is 5.91 Å². The van der Waals surface area contributed by atoms with E-state index >= 15 is 0 Å². The van der Waals surface area contributed by atoms with E-state index in [0.29, 0.717) is 12.0 Å². The molecule has 5 N–H and O–H groups in total. The molecule has 1 saturated heterocycles. The second-order valence-electron chi connectivity index (χ2n) is 7.07. The monoisotopic (exact) mass is 396 g/mol. The number of thiophene rings is 1. The molecule has 0 unspecified atom stereocenters. The van der Waals surface area contributed by atoms with Gasteiger partial charge in [0, 0.05) is 35.2 Å². The number of primary amides is 1. The standard InChI is InChI=1S/C21H24N4O2S/c22-20(27)15-12-24-21(25-17-7-4-9-23-16(17)8-10-26)14-11-18(28-19(14)15)13-5-2-1-3-6-13/h1-3,5-6,11-12,16-17,23,26H,4,7-10H2,(H2,22,27)(H,24,25)/t16-,17+/m0/s1. The third-order valence-corrected chi connectivity index (χ3v) is 6.44. The maximum atomic E-state index is 11.9. The molecule has 6 nitrogen and oxygen atoms in total. The number of aliphatic hydroxyl groups excluding tert-OH is 1. The van der Waals surface area contributed by atoms with Crippen molar-refractivity contribution in [2.24, 2.45) is 5.73 Å². The Kier molecular flexibility index (Phi) is 5.57. The number of nitrogens with one attached hydrogen (secondary N) is 2. The van der Waals surface area contributed by atoms with Gasteiger partial charge in [-0.15, -0.1) is 11.3 Å². The fraction of sp³-hybridized carbons (Fsp3) is 0.333. The van der Waals surface area contributed by atoms with E-state index in [4.69, 9.17) is 5.73 Å². The highest BCUT2D eigenvalue weighted by atomic mass is 32.1. The number of nitrogens with zero attached hydrogens (tertiary/aromatic N) is 1. The Morgan fingerprint density at radius 2 is 2.18 bits per heavy atom. The lowest BCUT2D eigenvalue weighted by molar-refractivity contribution is 0.100. The zero-order valence-corrected chi connectivity index (χ0v) is 16.3. The summed E-state index contributed by atoms with van der Waals surface area (Å²) in [7, 11) is 0. The van der Waals surface area contributed by atoms with Gasteiger partial charge in [0.2, 0.25) is 0 Å². The average molecular weight is 397 g/mol. The van der Waals surface area contributed by atoms with Crippen molar-refractivity contribution >= 4 is 33.1 Å². The highest BCUT2D eigenvalue weighted by molar-refractivity contribution is 7.22. The summed E-state index contributed by atoms with van der Waals surface area (Å²) < 4.78 is 0.853. The van der Waals surface area contributed by atoms with Crippen molar-refractivity contribution in [3.8, 4) is 10.4 Å². The number of anilines is 1. The minimum absolute atomic E-state index is 0.149. The molecule has 2 atom stereocenters. The average Bonchev–Trinajstić information content (AvgIpc) is 3.16. The molecule has 2 aromatic heterocycles. The maximum Gasteiger partial charge on any atom is 0.251 e. The second kappa shape index (κ2) is 8.26. The van der Waals surface area contributed by atoms with Crippen LogP contribution in [0.4, 0.5) is 5.82 Å². The molecule has 0 spiro atoms. The van der Waals surface area contributed by atoms with Crippen molar-refractivity contribution in [2.75, 3.05) is 18.5 Å². The first-order chi connectivity index (χ1) is 13.7. The molecular weight excluding hydrogens is 372 g/mol. The summed E-state index contributed by atoms with van der Waals surface area (Å²) in [6, 6.07) is 12.5. The van der Waals surface area contributed by atoms with Crippen LogP contribution in [0, 0.1) is 0 Å². The molecule has 0 radical (unpaired) electrons. The molecular formula is C21H24N4O2S. The summed E-state index contributed by atoms with van der Waals surface area (Å²) in [5.74, 6) is 0.290. The van der Waals surface area contributed by atoms with Crippen LogP contribution in [0.15, 0.2) is 42.6 Å². The summed E-state index contributed by atoms with van der Waals surface area (Å²) in [6.07, 6.45) is 4.34. The number of fused-ring (bicyclic) bond motifs is 1. The fourth-order valence-electron chi connectivity index (χ4n) is 3.80. The lowest BCUT2D eigenvalue weighted by Crippen LogP contribution is -2.49. The summed E-state index contributed by atoms with van der Waals surface area (Å²) in [5, 5.41) is 17.3. The van der Waals surface area contributed by atoms with Gasteiger partial charge in [-0.1, -0.05) is 30.3 Å². The van der Waals surface area contributed by atoms with Crippen molar-refractivity contribution in [3.63, 3.8) is 0 Å². The number of hydrogen-bond acceptors (Lipinski definition) is 6. The topological polar surface area (TPSA) is 100 Å². The first-order valence-electron chi connectivity index (χ1n) is 9.56. The van der Waals surface area contributed by atoms with Gasteiger partial charge in [-0.3, -0.25) is 4.79 Å². The van der Waals surface area contributed by atoms with Crippen LogP contribution in [0.2, 0.25) is 0 Å². The predicted molar refractivity (Wildman–Crippen MR) is 114 cm³/mol. The number of aliphatic hydroxyl groups is 1. The quantitative estimate of drug-likeness (QED) is 0.513. The zero-order valence-electron chi connectivity index (χ0n) is 15.5. The molecule has 146 valence electrons. The minimum atomic E-state index is -0.469. The van der Waals surface area contributed by atoms with Crippen LogP contribution in [0.5, 0.6) is 0 Å². The molecule has 1 aromatic carbocycles. The summed E-state index contributed by atoms with van der Waals surface area (Å²) >= 11 is 1.56. The van der Waals surface area contributed by atoms with Gasteiger partial charge >= 0.3 is 0 Å². The summed E-state index contributed by atoms with van der Waals surface area (Å²) in [5.41, 5.74) is 7.14. The van der Waals surface area contributed by atoms with Gasteiger partial charge in [-0.2, -0.15) is 0 Å². The second-order valence-corrected chi connectivity index (χ2v) is 8.12. The van der Waals surface area contributed by atoms with Crippen LogP contribution < -0.4 is 16.4 Å². The van der Waals surface area contributed by atoms with Gasteiger partial charge in [-0.05, 0) is 37.4 Å². The Balaban J connectivity index is 1.75. The number of rotatable bonds is 6. The van der Waals surface area contributed by atoms with E-state index in [1.807, 2.05) is 18.2 Å². The predicted octanol–water partition coefficient (Wildman–Crippen LogP) is 2.98. The third kappa shape index (κ3) is 3.73. The van der Waals surface area contributed by atoms with E-state index in [1.165, 1.54) is 0 Å². The highest BCUT2D eigenvalue weighted by Crippen LogP contribution is 2.38. The normalized spacial score (nSPS) is 19.6. The molecule has 1 aliphatic rings. The lowest BCUT2D eigenvalue weighted by Gasteiger charge is -2.33. The molecule has 0 bridgehead atoms. The number of pyridine rings is 1. The number of carbonyl (C=O) groups is 1. The molecule has 1 aliphatic heterocycles. The largest absolute Gasteiger partial charge is 0.396 e. The summed E-state index contributed by atoms with van der Waals surface area (Å²) in [6.45, 7) is 1.11. The van der Waals surface area contributed by atoms with E-state index in [1.54, 1.807) is 17.5 Å². The first-order valence-corrected chi connectivity index (χ1v) is 10.4. The molecule has 7 heteroatoms. The van der Waals surface area contributed by atoms with E-state index in [2.05, 4.69) is 33.8 Å². The highest BCUT2D eigenvalue weighted by Gasteiger charge is 2.26. The smallest absolute Gasteiger partial charge is 0.251 e. The van der Waals surface area contributed by atoms with E-state index in [-0.39, 0.29) is 18.7 Å². The Labute approximate surface area is 167 Å². The lowest BCUT2D eigenvalue weighted by atomic mass is 9.96. The number of nitrogens with two attached hydrogens (primary N) is 1. The molecule has 1 amide bonds. The SMILES string of the molecule is NC(=O)c1cnc(N[C@@H]2CCCN[C@H]2CCO)c2cc(-c3ccccc3)sc12. The Morgan fingerprint density at radius 1 is 1.36 bits per heavy atom. The van der Waals surface area contributed by atoms with Gasteiger partial charge in [0.05, 0.1) is 10.3 Å². The van der Waals surface area contributed by atoms with Crippen LogP contribution in [0.1, 0.15) is 29.6 Å². The Morgan fingerprint density at radius 3 is 2.93 bits per heavy atom. The Bertz CT molecular complexity index is 971. The van der Waals surface area contributed by atoms with Gasteiger partial charge in [0.15, 0.2) is 0 Å². The fourth-order valence-corrected chi connectivity index (χ4v) is 4.98. The van der Waals surface area contributed by atoms with Crippen molar-refractivity contribution in [2.45, 2.75) is 31.3 Å². The molecule has 3 aromatic rings. The van der Waals surface area contributed by atoms with Gasteiger partial charge in [-0.25, -0.2) is 4.98 Å². The number of benzene rings is 1. The maximum absolute atomic E-state index is 11.9. The van der Waals surface area contributed by atoms with Gasteiger partial charge < -0.3 is 21.5 Å². The molecule has 0 aliphatic carbocycles. The molecule has 4 rings (SSSR count). The first kappa shape index (κ1) is 18.9. The number of piperidine rings is 1. The minimum Gasteiger partial charge on any atom is -0.396 e. The van der Waals surface area contributed by atoms with Crippen LogP contribution in [0.25, 0.3) is 20.5 Å². The zero-order chi connectivity index (χ0) is 19.5. The van der Waals surface area contributed by atoms with Crippen molar-refractivity contribution in [1.82, 2.24) is 10.3 Å². The molecule has 1 fully saturated rings. The Hall–Kier alpha value is -2.48. The molecule has 3 heterocycles. The van der Waals surface area contributed by atoms with Crippen LogP contribution >= 0.6 is 11.3 Å². The van der Waals surface area contributed by atoms with Crippen LogP contribution in [-0.2, 0) is 0 Å². The van der Waals surface area contributed by atoms with Crippen molar-refractivity contribution in [1.29, 1.82) is 0 Å². The van der Waals surface area contributed by atoms with Gasteiger partial charge in [0.1, 0.15) is 5.82 Å². The van der Waals surface area contributed by atoms with Crippen molar-refractivity contribution in [3.05, 3.63) is 48.2 Å². The molecule has 0 saturated carbocycles. The number of amides is 1. The number of carbonyl (C=O) groups excluding carboxylic acids is 1. The third-order valence-electron chi connectivity index (χ3n) is 5.22. The number of hydrogen-bond donors (Lipinski definition) is 4. The van der Waals surface area contributed by atoms with E-state index in [0.717, 1.165) is 45.7 Å². The van der Waals surface area contributed by atoms with Crippen LogP contribution in [-0.4, -0.2) is 41.2 Å². The summed E-state index contributed by atoms with van der Waals surface area (Å²) in [4.78, 5) is 17.5. The molecule has 28 heavy (non-hydrogen) atoms. The van der Waals surface area contributed by atoms with Crippen LogP contribution in [0.3, 0.4) is 0 Å². The van der Waals surface area contributed by atoms with Crippen molar-refractivity contribution < 1.29 is 9.90 Å².